The van der Waals surface area contributed by atoms with Crippen molar-refractivity contribution in [1.29, 1.82) is 0 Å². The van der Waals surface area contributed by atoms with Crippen molar-refractivity contribution in [3.63, 3.8) is 0 Å². The van der Waals surface area contributed by atoms with Crippen LogP contribution in [0.25, 0.3) is 0 Å². The van der Waals surface area contributed by atoms with Crippen molar-refractivity contribution >= 4 is 0 Å². The molecule has 3 nitrogen and oxygen atoms in total. The molecule has 102 valence electrons. The lowest BCUT2D eigenvalue weighted by molar-refractivity contribution is 0.143. The van der Waals surface area contributed by atoms with Gasteiger partial charge in [0.1, 0.15) is 0 Å². The van der Waals surface area contributed by atoms with Gasteiger partial charge in [-0.15, -0.1) is 0 Å². The highest BCUT2D eigenvalue weighted by molar-refractivity contribution is 5.14. The fraction of sp³-hybridized carbons (Fsp3) is 0.600. The molecule has 1 aromatic rings. The van der Waals surface area contributed by atoms with Crippen LogP contribution in [0.5, 0.6) is 0 Å². The minimum Gasteiger partial charge on any atom is -0.396 e. The average Bonchev–Trinajstić information content (AvgIpc) is 2.38. The molecule has 18 heavy (non-hydrogen) atoms. The van der Waals surface area contributed by atoms with Crippen LogP contribution in [0, 0.1) is 0 Å². The van der Waals surface area contributed by atoms with E-state index in [-0.39, 0.29) is 12.6 Å². The van der Waals surface area contributed by atoms with E-state index < -0.39 is 0 Å². The fourth-order valence-corrected chi connectivity index (χ4v) is 2.09. The first-order chi connectivity index (χ1) is 8.76. The van der Waals surface area contributed by atoms with E-state index >= 15 is 0 Å². The molecule has 0 fully saturated rings. The third-order valence-corrected chi connectivity index (χ3v) is 3.07. The second-order valence-electron chi connectivity index (χ2n) is 4.76. The second kappa shape index (κ2) is 9.09. The van der Waals surface area contributed by atoms with Gasteiger partial charge in [-0.2, -0.15) is 0 Å². The predicted octanol–water partition coefficient (Wildman–Crippen LogP) is 1.99. The number of nitrogens with one attached hydrogen (secondary N) is 1. The number of aliphatic hydroxyl groups is 1. The van der Waals surface area contributed by atoms with Gasteiger partial charge in [0.25, 0.3) is 0 Å². The highest BCUT2D eigenvalue weighted by atomic mass is 16.5. The van der Waals surface area contributed by atoms with E-state index in [0.29, 0.717) is 12.6 Å². The summed E-state index contributed by atoms with van der Waals surface area (Å²) < 4.78 is 5.15. The summed E-state index contributed by atoms with van der Waals surface area (Å²) in [5.41, 5.74) is 1.37. The third kappa shape index (κ3) is 6.15. The number of methoxy groups -OCH3 is 1. The van der Waals surface area contributed by atoms with Gasteiger partial charge in [0.15, 0.2) is 0 Å². The minimum atomic E-state index is 0.201. The van der Waals surface area contributed by atoms with Crippen molar-refractivity contribution in [3.05, 3.63) is 35.9 Å². The highest BCUT2D eigenvalue weighted by Crippen LogP contribution is 2.06. The van der Waals surface area contributed by atoms with Crippen molar-refractivity contribution in [2.45, 2.75) is 38.3 Å². The zero-order valence-electron chi connectivity index (χ0n) is 11.4. The van der Waals surface area contributed by atoms with Crippen LogP contribution < -0.4 is 5.32 Å². The van der Waals surface area contributed by atoms with Crippen LogP contribution in [0.1, 0.15) is 25.3 Å². The summed E-state index contributed by atoms with van der Waals surface area (Å²) in [5.74, 6) is 0. The first-order valence-electron chi connectivity index (χ1n) is 6.66. The first-order valence-corrected chi connectivity index (χ1v) is 6.66. The molecule has 3 heteroatoms. The average molecular weight is 251 g/mol. The molecular formula is C15H25NO2. The maximum absolute atomic E-state index is 8.99. The minimum absolute atomic E-state index is 0.201. The van der Waals surface area contributed by atoms with Gasteiger partial charge in [0.2, 0.25) is 0 Å². The fourth-order valence-electron chi connectivity index (χ4n) is 2.09. The van der Waals surface area contributed by atoms with Crippen molar-refractivity contribution in [1.82, 2.24) is 5.32 Å². The van der Waals surface area contributed by atoms with Crippen LogP contribution in [-0.2, 0) is 11.2 Å². The summed E-state index contributed by atoms with van der Waals surface area (Å²) in [7, 11) is 1.70. The summed E-state index contributed by atoms with van der Waals surface area (Å²) >= 11 is 0. The molecule has 0 amide bonds. The number of aliphatic hydroxyl groups excluding tert-OH is 1. The number of benzene rings is 1. The molecule has 0 bridgehead atoms. The van der Waals surface area contributed by atoms with E-state index in [9.17, 15) is 0 Å². The molecular weight excluding hydrogens is 226 g/mol. The lowest BCUT2D eigenvalue weighted by atomic mass is 10.1. The number of ether oxygens (including phenoxy) is 1. The molecule has 0 radical (unpaired) electrons. The van der Waals surface area contributed by atoms with Gasteiger partial charge in [-0.25, -0.2) is 0 Å². The molecule has 0 aliphatic rings. The first kappa shape index (κ1) is 15.2. The van der Waals surface area contributed by atoms with Crippen LogP contribution in [0.3, 0.4) is 0 Å². The molecule has 2 unspecified atom stereocenters. The van der Waals surface area contributed by atoms with E-state index in [1.54, 1.807) is 7.11 Å². The Bertz CT molecular complexity index is 297. The molecule has 1 rings (SSSR count). The van der Waals surface area contributed by atoms with Gasteiger partial charge in [-0.05, 0) is 31.7 Å². The summed E-state index contributed by atoms with van der Waals surface area (Å²) in [6.45, 7) is 3.03. The Morgan fingerprint density at radius 2 is 1.94 bits per heavy atom. The Labute approximate surface area is 110 Å². The SMILES string of the molecule is COCC(CCO)NC(C)CCc1ccccc1. The normalized spacial score (nSPS) is 14.4. The Morgan fingerprint density at radius 1 is 1.22 bits per heavy atom. The quantitative estimate of drug-likeness (QED) is 0.705. The number of hydrogen-bond acceptors (Lipinski definition) is 3. The summed E-state index contributed by atoms with van der Waals surface area (Å²) in [6.07, 6.45) is 2.91. The number of hydrogen-bond donors (Lipinski definition) is 2. The van der Waals surface area contributed by atoms with Crippen LogP contribution >= 0.6 is 0 Å². The van der Waals surface area contributed by atoms with Crippen molar-refractivity contribution in [2.75, 3.05) is 20.3 Å². The lowest BCUT2D eigenvalue weighted by Gasteiger charge is -2.22. The molecule has 0 aliphatic heterocycles. The maximum atomic E-state index is 8.99. The van der Waals surface area contributed by atoms with Crippen LogP contribution in [0.15, 0.2) is 30.3 Å². The maximum Gasteiger partial charge on any atom is 0.0616 e. The van der Waals surface area contributed by atoms with E-state index in [0.717, 1.165) is 19.3 Å². The molecule has 2 atom stereocenters. The Hall–Kier alpha value is -0.900. The van der Waals surface area contributed by atoms with Gasteiger partial charge in [0, 0.05) is 25.8 Å². The summed E-state index contributed by atoms with van der Waals surface area (Å²) in [4.78, 5) is 0. The molecule has 0 aliphatic carbocycles. The van der Waals surface area contributed by atoms with Crippen LogP contribution in [-0.4, -0.2) is 37.5 Å². The molecule has 1 aromatic carbocycles. The van der Waals surface area contributed by atoms with Crippen LogP contribution in [0.2, 0.25) is 0 Å². The lowest BCUT2D eigenvalue weighted by Crippen LogP contribution is -2.40. The summed E-state index contributed by atoms with van der Waals surface area (Å²) in [6, 6.07) is 11.2. The molecule has 0 saturated heterocycles. The standard InChI is InChI=1S/C15H25NO2/c1-13(16-15(10-11-17)12-18-2)8-9-14-6-4-3-5-7-14/h3-7,13,15-17H,8-12H2,1-2H3. The van der Waals surface area contributed by atoms with E-state index in [2.05, 4.69) is 36.5 Å². The Kier molecular flexibility index (Phi) is 7.65. The second-order valence-corrected chi connectivity index (χ2v) is 4.76. The van der Waals surface area contributed by atoms with Gasteiger partial charge < -0.3 is 15.2 Å². The third-order valence-electron chi connectivity index (χ3n) is 3.07. The molecule has 2 N–H and O–H groups in total. The molecule has 0 heterocycles. The van der Waals surface area contributed by atoms with Gasteiger partial charge in [-0.1, -0.05) is 30.3 Å². The summed E-state index contributed by atoms with van der Waals surface area (Å²) in [5, 5.41) is 12.5. The van der Waals surface area contributed by atoms with Crippen LogP contribution in [0.4, 0.5) is 0 Å². The zero-order chi connectivity index (χ0) is 13.2. The topological polar surface area (TPSA) is 41.5 Å². The van der Waals surface area contributed by atoms with Crippen molar-refractivity contribution in [3.8, 4) is 0 Å². The number of aryl methyl sites for hydroxylation is 1. The van der Waals surface area contributed by atoms with E-state index in [1.165, 1.54) is 5.56 Å². The zero-order valence-corrected chi connectivity index (χ0v) is 11.4. The van der Waals surface area contributed by atoms with Crippen molar-refractivity contribution in [2.24, 2.45) is 0 Å². The predicted molar refractivity (Wildman–Crippen MR) is 74.7 cm³/mol. The Morgan fingerprint density at radius 3 is 2.56 bits per heavy atom. The number of rotatable bonds is 9. The van der Waals surface area contributed by atoms with Gasteiger partial charge >= 0.3 is 0 Å². The smallest absolute Gasteiger partial charge is 0.0616 e. The highest BCUT2D eigenvalue weighted by Gasteiger charge is 2.11. The molecule has 0 saturated carbocycles. The molecule has 0 spiro atoms. The van der Waals surface area contributed by atoms with Gasteiger partial charge in [0.05, 0.1) is 6.61 Å². The Balaban J connectivity index is 2.29. The van der Waals surface area contributed by atoms with Crippen molar-refractivity contribution < 1.29 is 9.84 Å². The molecule has 0 aromatic heterocycles. The monoisotopic (exact) mass is 251 g/mol. The van der Waals surface area contributed by atoms with E-state index in [4.69, 9.17) is 9.84 Å². The van der Waals surface area contributed by atoms with Gasteiger partial charge in [-0.3, -0.25) is 0 Å². The van der Waals surface area contributed by atoms with E-state index in [1.807, 2.05) is 6.07 Å². The largest absolute Gasteiger partial charge is 0.396 e.